The first kappa shape index (κ1) is 17.0. The van der Waals surface area contributed by atoms with Crippen LogP contribution in [0.4, 0.5) is 0 Å². The van der Waals surface area contributed by atoms with Gasteiger partial charge in [-0.3, -0.25) is 0 Å². The van der Waals surface area contributed by atoms with Crippen LogP contribution in [-0.2, 0) is 10.2 Å². The molecule has 1 N–H and O–H groups in total. The van der Waals surface area contributed by atoms with Crippen molar-refractivity contribution in [3.63, 3.8) is 0 Å². The van der Waals surface area contributed by atoms with E-state index in [2.05, 4.69) is 44.3 Å². The van der Waals surface area contributed by atoms with Gasteiger partial charge in [-0.05, 0) is 42.5 Å². The van der Waals surface area contributed by atoms with Gasteiger partial charge in [0.25, 0.3) is 0 Å². The van der Waals surface area contributed by atoms with Crippen molar-refractivity contribution in [3.8, 4) is 5.75 Å². The molecule has 0 aromatic heterocycles. The van der Waals surface area contributed by atoms with Crippen molar-refractivity contribution in [2.75, 3.05) is 33.4 Å². The molecule has 0 aliphatic heterocycles. The fourth-order valence-corrected chi connectivity index (χ4v) is 1.89. The van der Waals surface area contributed by atoms with Crippen molar-refractivity contribution in [1.82, 2.24) is 5.32 Å². The van der Waals surface area contributed by atoms with Crippen LogP contribution in [0, 0.1) is 0 Å². The van der Waals surface area contributed by atoms with E-state index in [4.69, 9.17) is 9.47 Å². The SMILES string of the molecule is COCCNCCCCOc1cccc(C(C)(C)C)c1. The number of hydrogen-bond donors (Lipinski definition) is 1. The number of rotatable bonds is 9. The number of benzene rings is 1. The van der Waals surface area contributed by atoms with E-state index in [1.807, 2.05) is 6.07 Å². The third kappa shape index (κ3) is 6.92. The molecule has 3 nitrogen and oxygen atoms in total. The maximum Gasteiger partial charge on any atom is 0.119 e. The zero-order chi connectivity index (χ0) is 14.8. The number of methoxy groups -OCH3 is 1. The molecule has 0 spiro atoms. The third-order valence-corrected chi connectivity index (χ3v) is 3.20. The van der Waals surface area contributed by atoms with Gasteiger partial charge in [-0.25, -0.2) is 0 Å². The summed E-state index contributed by atoms with van der Waals surface area (Å²) in [6, 6.07) is 8.41. The molecule has 0 aliphatic rings. The van der Waals surface area contributed by atoms with Gasteiger partial charge in [0.15, 0.2) is 0 Å². The minimum Gasteiger partial charge on any atom is -0.494 e. The van der Waals surface area contributed by atoms with Crippen molar-refractivity contribution in [2.45, 2.75) is 39.0 Å². The van der Waals surface area contributed by atoms with Crippen molar-refractivity contribution in [1.29, 1.82) is 0 Å². The first-order valence-corrected chi connectivity index (χ1v) is 7.47. The Morgan fingerprint density at radius 1 is 1.05 bits per heavy atom. The monoisotopic (exact) mass is 279 g/mol. The number of ether oxygens (including phenoxy) is 2. The van der Waals surface area contributed by atoms with E-state index in [9.17, 15) is 0 Å². The Balaban J connectivity index is 2.19. The van der Waals surface area contributed by atoms with Crippen LogP contribution < -0.4 is 10.1 Å². The third-order valence-electron chi connectivity index (χ3n) is 3.20. The van der Waals surface area contributed by atoms with Crippen LogP contribution >= 0.6 is 0 Å². The van der Waals surface area contributed by atoms with E-state index in [1.165, 1.54) is 5.56 Å². The van der Waals surface area contributed by atoms with E-state index < -0.39 is 0 Å². The maximum absolute atomic E-state index is 5.82. The molecule has 0 heterocycles. The Labute approximate surface area is 123 Å². The molecule has 0 fully saturated rings. The molecule has 1 aromatic rings. The van der Waals surface area contributed by atoms with Gasteiger partial charge in [-0.1, -0.05) is 32.9 Å². The highest BCUT2D eigenvalue weighted by Gasteiger charge is 2.13. The molecule has 0 saturated heterocycles. The largest absolute Gasteiger partial charge is 0.494 e. The summed E-state index contributed by atoms with van der Waals surface area (Å²) in [5.41, 5.74) is 1.49. The molecule has 0 atom stereocenters. The standard InChI is InChI=1S/C17H29NO2/c1-17(2,3)15-8-7-9-16(14-15)20-12-6-5-10-18-11-13-19-4/h7-9,14,18H,5-6,10-13H2,1-4H3. The minimum atomic E-state index is 0.171. The van der Waals surface area contributed by atoms with Gasteiger partial charge in [0, 0.05) is 13.7 Å². The number of unbranched alkanes of at least 4 members (excludes halogenated alkanes) is 1. The fraction of sp³-hybridized carbons (Fsp3) is 0.647. The van der Waals surface area contributed by atoms with E-state index in [0.29, 0.717) is 0 Å². The maximum atomic E-state index is 5.82. The Morgan fingerprint density at radius 2 is 1.85 bits per heavy atom. The summed E-state index contributed by atoms with van der Waals surface area (Å²) in [7, 11) is 1.72. The summed E-state index contributed by atoms with van der Waals surface area (Å²) in [6.45, 7) is 10.2. The molecule has 20 heavy (non-hydrogen) atoms. The molecule has 114 valence electrons. The molecule has 0 radical (unpaired) electrons. The van der Waals surface area contributed by atoms with E-state index in [0.717, 1.165) is 44.9 Å². The summed E-state index contributed by atoms with van der Waals surface area (Å²) in [4.78, 5) is 0. The van der Waals surface area contributed by atoms with Gasteiger partial charge in [0.2, 0.25) is 0 Å². The van der Waals surface area contributed by atoms with Crippen LogP contribution in [0.1, 0.15) is 39.2 Å². The van der Waals surface area contributed by atoms with Crippen molar-refractivity contribution >= 4 is 0 Å². The van der Waals surface area contributed by atoms with Crippen LogP contribution in [0.2, 0.25) is 0 Å². The average Bonchev–Trinajstić information content (AvgIpc) is 2.41. The van der Waals surface area contributed by atoms with Crippen LogP contribution in [0.3, 0.4) is 0 Å². The summed E-state index contributed by atoms with van der Waals surface area (Å²) in [5, 5.41) is 3.33. The molecule has 0 saturated carbocycles. The highest BCUT2D eigenvalue weighted by molar-refractivity contribution is 5.32. The zero-order valence-electron chi connectivity index (χ0n) is 13.4. The molecular formula is C17H29NO2. The van der Waals surface area contributed by atoms with Gasteiger partial charge >= 0.3 is 0 Å². The lowest BCUT2D eigenvalue weighted by Crippen LogP contribution is -2.20. The van der Waals surface area contributed by atoms with Crippen LogP contribution in [-0.4, -0.2) is 33.4 Å². The van der Waals surface area contributed by atoms with Crippen LogP contribution in [0.15, 0.2) is 24.3 Å². The quantitative estimate of drug-likeness (QED) is 0.703. The highest BCUT2D eigenvalue weighted by atomic mass is 16.5. The Morgan fingerprint density at radius 3 is 2.55 bits per heavy atom. The Kier molecular flexibility index (Phi) is 7.63. The van der Waals surface area contributed by atoms with Gasteiger partial charge in [0.05, 0.1) is 13.2 Å². The van der Waals surface area contributed by atoms with Crippen molar-refractivity contribution < 1.29 is 9.47 Å². The average molecular weight is 279 g/mol. The van der Waals surface area contributed by atoms with Gasteiger partial charge in [-0.2, -0.15) is 0 Å². The second kappa shape index (κ2) is 8.98. The van der Waals surface area contributed by atoms with Crippen LogP contribution in [0.5, 0.6) is 5.75 Å². The van der Waals surface area contributed by atoms with E-state index in [1.54, 1.807) is 7.11 Å². The molecule has 1 rings (SSSR count). The molecule has 0 aliphatic carbocycles. The first-order valence-electron chi connectivity index (χ1n) is 7.47. The first-order chi connectivity index (χ1) is 9.54. The normalized spacial score (nSPS) is 11.6. The molecule has 1 aromatic carbocycles. The predicted molar refractivity (Wildman–Crippen MR) is 84.6 cm³/mol. The second-order valence-corrected chi connectivity index (χ2v) is 6.08. The Hall–Kier alpha value is -1.06. The van der Waals surface area contributed by atoms with Crippen molar-refractivity contribution in [3.05, 3.63) is 29.8 Å². The topological polar surface area (TPSA) is 30.5 Å². The van der Waals surface area contributed by atoms with Gasteiger partial charge < -0.3 is 14.8 Å². The second-order valence-electron chi connectivity index (χ2n) is 6.08. The van der Waals surface area contributed by atoms with E-state index in [-0.39, 0.29) is 5.41 Å². The van der Waals surface area contributed by atoms with E-state index >= 15 is 0 Å². The van der Waals surface area contributed by atoms with Crippen molar-refractivity contribution in [2.24, 2.45) is 0 Å². The summed E-state index contributed by atoms with van der Waals surface area (Å²) in [6.07, 6.45) is 2.20. The van der Waals surface area contributed by atoms with Gasteiger partial charge in [0.1, 0.15) is 5.75 Å². The fourth-order valence-electron chi connectivity index (χ4n) is 1.89. The Bertz CT molecular complexity index is 371. The predicted octanol–water partition coefficient (Wildman–Crippen LogP) is 3.38. The molecule has 0 bridgehead atoms. The van der Waals surface area contributed by atoms with Crippen LogP contribution in [0.25, 0.3) is 0 Å². The molecule has 0 unspecified atom stereocenters. The lowest BCUT2D eigenvalue weighted by molar-refractivity contribution is 0.199. The minimum absolute atomic E-state index is 0.171. The summed E-state index contributed by atoms with van der Waals surface area (Å²) >= 11 is 0. The molecule has 0 amide bonds. The number of hydrogen-bond acceptors (Lipinski definition) is 3. The highest BCUT2D eigenvalue weighted by Crippen LogP contribution is 2.25. The lowest BCUT2D eigenvalue weighted by atomic mass is 9.87. The smallest absolute Gasteiger partial charge is 0.119 e. The molecular weight excluding hydrogens is 250 g/mol. The number of nitrogens with one attached hydrogen (secondary N) is 1. The summed E-state index contributed by atoms with van der Waals surface area (Å²) in [5.74, 6) is 0.977. The zero-order valence-corrected chi connectivity index (χ0v) is 13.4. The molecule has 3 heteroatoms. The lowest BCUT2D eigenvalue weighted by Gasteiger charge is -2.19. The van der Waals surface area contributed by atoms with Gasteiger partial charge in [-0.15, -0.1) is 0 Å². The summed E-state index contributed by atoms with van der Waals surface area (Å²) < 4.78 is 10.8.